The topological polar surface area (TPSA) is 113 Å². The fourth-order valence-corrected chi connectivity index (χ4v) is 3.63. The number of amidine groups is 1. The minimum absolute atomic E-state index is 0.158. The third kappa shape index (κ3) is 3.72. The number of nitrogens with one attached hydrogen (secondary N) is 2. The molecule has 2 aromatic rings. The quantitative estimate of drug-likeness (QED) is 0.845. The van der Waals surface area contributed by atoms with Crippen molar-refractivity contribution in [3.05, 3.63) is 48.0 Å². The van der Waals surface area contributed by atoms with Crippen molar-refractivity contribution in [3.8, 4) is 0 Å². The second kappa shape index (κ2) is 6.49. The minimum Gasteiger partial charge on any atom is -0.322 e. The van der Waals surface area contributed by atoms with Crippen LogP contribution in [0, 0.1) is 0 Å². The van der Waals surface area contributed by atoms with Crippen molar-refractivity contribution < 1.29 is 13.2 Å². The molecule has 0 radical (unpaired) electrons. The number of fused-ring (bicyclic) bond motifs is 1. The van der Waals surface area contributed by atoms with Crippen LogP contribution in [0.3, 0.4) is 0 Å². The molecule has 0 aliphatic carbocycles. The molecule has 1 aromatic carbocycles. The van der Waals surface area contributed by atoms with Gasteiger partial charge >= 0.3 is 0 Å². The van der Waals surface area contributed by atoms with Gasteiger partial charge in [0.15, 0.2) is 0 Å². The molecule has 0 bridgehead atoms. The average Bonchev–Trinajstić information content (AvgIpc) is 2.84. The third-order valence-electron chi connectivity index (χ3n) is 3.65. The Morgan fingerprint density at radius 3 is 2.50 bits per heavy atom. The smallest absolute Gasteiger partial charge is 0.263 e. The van der Waals surface area contributed by atoms with Gasteiger partial charge in [0, 0.05) is 11.0 Å². The number of aromatic nitrogens is 2. The summed E-state index contributed by atoms with van der Waals surface area (Å²) >= 11 is 0. The third-order valence-corrected chi connectivity index (χ3v) is 5.05. The lowest BCUT2D eigenvalue weighted by molar-refractivity contribution is -0.114. The average molecular weight is 373 g/mol. The summed E-state index contributed by atoms with van der Waals surface area (Å²) in [7, 11) is -3.61. The molecule has 2 heterocycles. The van der Waals surface area contributed by atoms with Gasteiger partial charge in [0.1, 0.15) is 18.2 Å². The van der Waals surface area contributed by atoms with Gasteiger partial charge in [-0.05, 0) is 12.1 Å². The van der Waals surface area contributed by atoms with Crippen molar-refractivity contribution in [3.63, 3.8) is 0 Å². The first kappa shape index (κ1) is 18.0. The van der Waals surface area contributed by atoms with Crippen LogP contribution in [0.2, 0.25) is 0 Å². The Morgan fingerprint density at radius 1 is 1.19 bits per heavy atom. The second-order valence-electron chi connectivity index (χ2n) is 6.86. The van der Waals surface area contributed by atoms with Crippen LogP contribution in [0.1, 0.15) is 32.2 Å². The zero-order valence-corrected chi connectivity index (χ0v) is 15.5. The molecule has 0 saturated heterocycles. The summed E-state index contributed by atoms with van der Waals surface area (Å²) in [5, 5.41) is 2.64. The summed E-state index contributed by atoms with van der Waals surface area (Å²) < 4.78 is 26.4. The number of carbonyl (C=O) groups is 1. The Labute approximate surface area is 151 Å². The lowest BCUT2D eigenvalue weighted by atomic mass is 9.96. The van der Waals surface area contributed by atoms with Gasteiger partial charge in [-0.15, -0.1) is 0 Å². The molecule has 1 aliphatic rings. The van der Waals surface area contributed by atoms with Gasteiger partial charge in [-0.25, -0.2) is 18.4 Å². The number of carbonyl (C=O) groups excluding carboxylic acids is 1. The number of rotatable bonds is 3. The summed E-state index contributed by atoms with van der Waals surface area (Å²) in [5.41, 5.74) is 0.732. The summed E-state index contributed by atoms with van der Waals surface area (Å²) in [6.45, 7) is 5.76. The normalized spacial score (nSPS) is 16.8. The van der Waals surface area contributed by atoms with Crippen LogP contribution in [0.4, 0.5) is 5.69 Å². The number of benzene rings is 1. The van der Waals surface area contributed by atoms with E-state index in [0.29, 0.717) is 17.1 Å². The molecular formula is C17H19N5O3S. The highest BCUT2D eigenvalue weighted by Gasteiger charge is 2.30. The lowest BCUT2D eigenvalue weighted by Crippen LogP contribution is -2.24. The van der Waals surface area contributed by atoms with Gasteiger partial charge < -0.3 is 5.32 Å². The highest BCUT2D eigenvalue weighted by Crippen LogP contribution is 2.22. The highest BCUT2D eigenvalue weighted by atomic mass is 32.2. The fraction of sp³-hybridized carbons (Fsp3) is 0.294. The van der Waals surface area contributed by atoms with Crippen LogP contribution < -0.4 is 10.0 Å². The van der Waals surface area contributed by atoms with Crippen molar-refractivity contribution in [1.82, 2.24) is 14.7 Å². The molecule has 1 aromatic heterocycles. The first-order valence-electron chi connectivity index (χ1n) is 7.96. The van der Waals surface area contributed by atoms with Crippen molar-refractivity contribution >= 4 is 27.5 Å². The molecule has 0 atom stereocenters. The van der Waals surface area contributed by atoms with Gasteiger partial charge in [-0.3, -0.25) is 14.5 Å². The fourth-order valence-electron chi connectivity index (χ4n) is 2.38. The number of nitrogens with zero attached hydrogens (tertiary/aromatic N) is 3. The molecule has 0 saturated carbocycles. The molecular weight excluding hydrogens is 354 g/mol. The van der Waals surface area contributed by atoms with E-state index in [0.717, 1.165) is 0 Å². The number of anilines is 1. The van der Waals surface area contributed by atoms with E-state index in [2.05, 4.69) is 25.0 Å². The van der Waals surface area contributed by atoms with Crippen LogP contribution in [0.15, 0.2) is 46.5 Å². The predicted octanol–water partition coefficient (Wildman–Crippen LogP) is 1.45. The van der Waals surface area contributed by atoms with Crippen molar-refractivity contribution in [2.75, 3.05) is 11.9 Å². The van der Waals surface area contributed by atoms with E-state index in [-0.39, 0.29) is 22.7 Å². The first-order valence-corrected chi connectivity index (χ1v) is 9.44. The molecule has 0 spiro atoms. The molecule has 0 unspecified atom stereocenters. The van der Waals surface area contributed by atoms with Crippen LogP contribution in [-0.4, -0.2) is 36.7 Å². The van der Waals surface area contributed by atoms with E-state index in [9.17, 15) is 13.2 Å². The number of amides is 1. The predicted molar refractivity (Wildman–Crippen MR) is 97.5 cm³/mol. The molecule has 1 amide bonds. The molecule has 8 nitrogen and oxygen atoms in total. The van der Waals surface area contributed by atoms with Gasteiger partial charge in [0.25, 0.3) is 10.0 Å². The van der Waals surface area contributed by atoms with Gasteiger partial charge in [-0.2, -0.15) is 0 Å². The summed E-state index contributed by atoms with van der Waals surface area (Å²) in [5.74, 6) is 0.441. The van der Waals surface area contributed by atoms with Crippen LogP contribution >= 0.6 is 0 Å². The van der Waals surface area contributed by atoms with E-state index in [1.807, 2.05) is 20.8 Å². The highest BCUT2D eigenvalue weighted by molar-refractivity contribution is 7.90. The maximum absolute atomic E-state index is 12.1. The lowest BCUT2D eigenvalue weighted by Gasteiger charge is -2.16. The largest absolute Gasteiger partial charge is 0.322 e. The number of hydrogen-bond donors (Lipinski definition) is 2. The Morgan fingerprint density at radius 2 is 1.85 bits per heavy atom. The Hall–Kier alpha value is -2.81. The van der Waals surface area contributed by atoms with Crippen LogP contribution in [0.25, 0.3) is 0 Å². The minimum atomic E-state index is -3.61. The number of sulfonamides is 1. The van der Waals surface area contributed by atoms with E-state index in [4.69, 9.17) is 0 Å². The van der Waals surface area contributed by atoms with Gasteiger partial charge in [0.05, 0.1) is 23.0 Å². The molecule has 26 heavy (non-hydrogen) atoms. The summed E-state index contributed by atoms with van der Waals surface area (Å²) in [6.07, 6.45) is 3.07. The van der Waals surface area contributed by atoms with Gasteiger partial charge in [0.2, 0.25) is 5.91 Å². The Bertz CT molecular complexity index is 976. The molecule has 9 heteroatoms. The van der Waals surface area contributed by atoms with E-state index < -0.39 is 15.9 Å². The van der Waals surface area contributed by atoms with Gasteiger partial charge in [-0.1, -0.05) is 32.9 Å². The second-order valence-corrected chi connectivity index (χ2v) is 8.51. The van der Waals surface area contributed by atoms with E-state index in [1.165, 1.54) is 18.5 Å². The zero-order valence-electron chi connectivity index (χ0n) is 14.6. The van der Waals surface area contributed by atoms with E-state index >= 15 is 0 Å². The molecule has 136 valence electrons. The SMILES string of the molecule is CC(C)(C)c1ncc(NC(=O)CN=C2NS(=O)(=O)c3ccccc32)cn1. The monoisotopic (exact) mass is 373 g/mol. The van der Waals surface area contributed by atoms with E-state index in [1.54, 1.807) is 18.2 Å². The van der Waals surface area contributed by atoms with Crippen LogP contribution in [-0.2, 0) is 20.2 Å². The molecule has 0 fully saturated rings. The first-order chi connectivity index (χ1) is 12.2. The Kier molecular flexibility index (Phi) is 4.49. The zero-order chi connectivity index (χ0) is 18.9. The molecule has 1 aliphatic heterocycles. The maximum atomic E-state index is 12.1. The molecule has 2 N–H and O–H groups in total. The standard InChI is InChI=1S/C17H19N5O3S/c1-17(2,3)16-19-8-11(9-20-16)21-14(23)10-18-15-12-6-4-5-7-13(12)26(24,25)22-15/h4-9H,10H2,1-3H3,(H,18,22)(H,21,23). The summed E-state index contributed by atoms with van der Waals surface area (Å²) in [4.78, 5) is 24.8. The number of aliphatic imine (C=N–C) groups is 1. The molecule has 3 rings (SSSR count). The van der Waals surface area contributed by atoms with Crippen molar-refractivity contribution in [1.29, 1.82) is 0 Å². The van der Waals surface area contributed by atoms with Crippen molar-refractivity contribution in [2.45, 2.75) is 31.1 Å². The Balaban J connectivity index is 1.69. The summed E-state index contributed by atoms with van der Waals surface area (Å²) in [6, 6.07) is 6.48. The van der Waals surface area contributed by atoms with Crippen LogP contribution in [0.5, 0.6) is 0 Å². The van der Waals surface area contributed by atoms with Crippen molar-refractivity contribution in [2.24, 2.45) is 4.99 Å². The maximum Gasteiger partial charge on any atom is 0.263 e. The number of hydrogen-bond acceptors (Lipinski definition) is 6.